The lowest BCUT2D eigenvalue weighted by molar-refractivity contribution is -0.849. The first-order chi connectivity index (χ1) is 6.30. The van der Waals surface area contributed by atoms with Crippen LogP contribution in [0.5, 0.6) is 0 Å². The predicted octanol–water partition coefficient (Wildman–Crippen LogP) is 1.71. The van der Waals surface area contributed by atoms with Gasteiger partial charge < -0.3 is 9.59 Å². The van der Waals surface area contributed by atoms with Crippen LogP contribution in [0.4, 0.5) is 0 Å². The summed E-state index contributed by atoms with van der Waals surface area (Å²) in [7, 11) is 8.50. The molecule has 0 unspecified atom stereocenters. The van der Waals surface area contributed by atoms with E-state index in [0.29, 0.717) is 5.56 Å². The van der Waals surface area contributed by atoms with E-state index < -0.39 is 5.97 Å². The van der Waals surface area contributed by atoms with Crippen LogP contribution in [0.2, 0.25) is 0 Å². The lowest BCUT2D eigenvalue weighted by Crippen LogP contribution is -2.27. The molecule has 0 atom stereocenters. The van der Waals surface area contributed by atoms with Crippen molar-refractivity contribution >= 4 is 5.97 Å². The zero-order chi connectivity index (χ0) is 11.2. The highest BCUT2D eigenvalue weighted by Crippen LogP contribution is 1.96. The van der Waals surface area contributed by atoms with Gasteiger partial charge in [-0.1, -0.05) is 18.2 Å². The fourth-order valence-electron chi connectivity index (χ4n) is 0.581. The molecule has 3 nitrogen and oxygen atoms in total. The first kappa shape index (κ1) is 12.7. The molecule has 1 N–H and O–H groups in total. The summed E-state index contributed by atoms with van der Waals surface area (Å²) in [5.74, 6) is -0.879. The molecule has 0 heterocycles. The minimum Gasteiger partial charge on any atom is -0.478 e. The van der Waals surface area contributed by atoms with Crippen LogP contribution in [-0.2, 0) is 0 Å². The Morgan fingerprint density at radius 3 is 1.64 bits per heavy atom. The Bertz CT molecular complexity index is 269. The van der Waals surface area contributed by atoms with Crippen molar-refractivity contribution in [2.24, 2.45) is 0 Å². The topological polar surface area (TPSA) is 37.3 Å². The van der Waals surface area contributed by atoms with Crippen molar-refractivity contribution in [1.29, 1.82) is 0 Å². The minimum atomic E-state index is -0.879. The molecule has 1 rings (SSSR count). The smallest absolute Gasteiger partial charge is 0.335 e. The van der Waals surface area contributed by atoms with E-state index in [1.165, 1.54) is 0 Å². The second-order valence-electron chi connectivity index (χ2n) is 4.35. The largest absolute Gasteiger partial charge is 0.478 e. The summed E-state index contributed by atoms with van der Waals surface area (Å²) in [4.78, 5) is 10.2. The van der Waals surface area contributed by atoms with Crippen molar-refractivity contribution in [2.45, 2.75) is 0 Å². The van der Waals surface area contributed by atoms with Gasteiger partial charge in [0.15, 0.2) is 0 Å². The van der Waals surface area contributed by atoms with Crippen LogP contribution >= 0.6 is 0 Å². The van der Waals surface area contributed by atoms with E-state index in [2.05, 4.69) is 28.2 Å². The van der Waals surface area contributed by atoms with Gasteiger partial charge in [-0.2, -0.15) is 0 Å². The molecule has 0 amide bonds. The highest BCUT2D eigenvalue weighted by molar-refractivity contribution is 5.87. The van der Waals surface area contributed by atoms with E-state index in [9.17, 15) is 4.79 Å². The minimum absolute atomic E-state index is 0.331. The van der Waals surface area contributed by atoms with Gasteiger partial charge in [0.05, 0.1) is 33.8 Å². The van der Waals surface area contributed by atoms with Crippen LogP contribution in [-0.4, -0.2) is 43.7 Å². The SMILES string of the molecule is C[N+](C)(C)C.O=C(O)c1ccccc1. The molecule has 0 saturated heterocycles. The van der Waals surface area contributed by atoms with Gasteiger partial charge in [0.2, 0.25) is 0 Å². The van der Waals surface area contributed by atoms with Crippen LogP contribution in [0.25, 0.3) is 0 Å². The monoisotopic (exact) mass is 196 g/mol. The number of carbonyl (C=O) groups is 1. The van der Waals surface area contributed by atoms with Crippen LogP contribution < -0.4 is 0 Å². The Morgan fingerprint density at radius 2 is 1.43 bits per heavy atom. The Balaban J connectivity index is 0.000000292. The third-order valence-electron chi connectivity index (χ3n) is 1.02. The molecule has 0 spiro atoms. The van der Waals surface area contributed by atoms with Gasteiger partial charge >= 0.3 is 5.97 Å². The lowest BCUT2D eigenvalue weighted by Gasteiger charge is -2.14. The number of quaternary nitrogens is 1. The van der Waals surface area contributed by atoms with Gasteiger partial charge in [-0.15, -0.1) is 0 Å². The summed E-state index contributed by atoms with van der Waals surface area (Å²) >= 11 is 0. The molecule has 0 aromatic heterocycles. The molecule has 0 bridgehead atoms. The highest BCUT2D eigenvalue weighted by Gasteiger charge is 1.96. The van der Waals surface area contributed by atoms with Gasteiger partial charge in [-0.25, -0.2) is 4.79 Å². The molecule has 1 aromatic carbocycles. The highest BCUT2D eigenvalue weighted by atomic mass is 16.4. The molecule has 0 saturated carbocycles. The maximum absolute atomic E-state index is 10.2. The number of aromatic carboxylic acids is 1. The van der Waals surface area contributed by atoms with Crippen molar-refractivity contribution in [3.05, 3.63) is 35.9 Å². The predicted molar refractivity (Wildman–Crippen MR) is 57.4 cm³/mol. The first-order valence-corrected chi connectivity index (χ1v) is 4.38. The second-order valence-corrected chi connectivity index (χ2v) is 4.35. The quantitative estimate of drug-likeness (QED) is 0.694. The van der Waals surface area contributed by atoms with E-state index in [0.717, 1.165) is 4.48 Å². The van der Waals surface area contributed by atoms with Crippen LogP contribution in [0.3, 0.4) is 0 Å². The third kappa shape index (κ3) is 8.74. The number of nitrogens with zero attached hydrogens (tertiary/aromatic N) is 1. The summed E-state index contributed by atoms with van der Waals surface area (Å²) in [5.41, 5.74) is 0.331. The molecule has 14 heavy (non-hydrogen) atoms. The zero-order valence-electron chi connectivity index (χ0n) is 9.19. The normalized spacial score (nSPS) is 10.0. The maximum atomic E-state index is 10.2. The van der Waals surface area contributed by atoms with Crippen LogP contribution in [0, 0.1) is 0 Å². The van der Waals surface area contributed by atoms with Gasteiger partial charge in [0, 0.05) is 0 Å². The molecular formula is C11H18NO2+. The molecule has 0 aliphatic carbocycles. The molecule has 0 aliphatic rings. The molecular weight excluding hydrogens is 178 g/mol. The number of carboxylic acid groups (broad SMARTS) is 1. The van der Waals surface area contributed by atoms with Gasteiger partial charge in [-0.05, 0) is 12.1 Å². The van der Waals surface area contributed by atoms with E-state index in [1.807, 2.05) is 0 Å². The molecule has 0 radical (unpaired) electrons. The molecule has 0 fully saturated rings. The summed E-state index contributed by atoms with van der Waals surface area (Å²) in [6, 6.07) is 8.30. The van der Waals surface area contributed by atoms with Crippen molar-refractivity contribution in [1.82, 2.24) is 0 Å². The Kier molecular flexibility index (Phi) is 4.87. The van der Waals surface area contributed by atoms with Gasteiger partial charge in [-0.3, -0.25) is 0 Å². The van der Waals surface area contributed by atoms with Crippen molar-refractivity contribution in [3.8, 4) is 0 Å². The number of benzene rings is 1. The summed E-state index contributed by atoms with van der Waals surface area (Å²) in [5, 5.41) is 8.38. The van der Waals surface area contributed by atoms with Crippen molar-refractivity contribution in [2.75, 3.05) is 28.2 Å². The van der Waals surface area contributed by atoms with Gasteiger partial charge in [0.25, 0.3) is 0 Å². The summed E-state index contributed by atoms with van der Waals surface area (Å²) in [6.45, 7) is 0. The van der Waals surface area contributed by atoms with Crippen molar-refractivity contribution < 1.29 is 14.4 Å². The van der Waals surface area contributed by atoms with Crippen LogP contribution in [0.15, 0.2) is 30.3 Å². The third-order valence-corrected chi connectivity index (χ3v) is 1.02. The molecule has 0 aliphatic heterocycles. The fraction of sp³-hybridized carbons (Fsp3) is 0.364. The first-order valence-electron chi connectivity index (χ1n) is 4.38. The number of hydrogen-bond acceptors (Lipinski definition) is 1. The maximum Gasteiger partial charge on any atom is 0.335 e. The molecule has 78 valence electrons. The summed E-state index contributed by atoms with van der Waals surface area (Å²) < 4.78 is 1.00. The molecule has 3 heteroatoms. The van der Waals surface area contributed by atoms with E-state index in [-0.39, 0.29) is 0 Å². The van der Waals surface area contributed by atoms with Gasteiger partial charge in [0.1, 0.15) is 0 Å². The van der Waals surface area contributed by atoms with E-state index in [1.54, 1.807) is 30.3 Å². The number of rotatable bonds is 1. The fourth-order valence-corrected chi connectivity index (χ4v) is 0.581. The Morgan fingerprint density at radius 1 is 1.07 bits per heavy atom. The average Bonchev–Trinajstić information content (AvgIpc) is 2.03. The van der Waals surface area contributed by atoms with Crippen LogP contribution in [0.1, 0.15) is 10.4 Å². The van der Waals surface area contributed by atoms with E-state index >= 15 is 0 Å². The molecule has 1 aromatic rings. The van der Waals surface area contributed by atoms with E-state index in [4.69, 9.17) is 5.11 Å². The standard InChI is InChI=1S/C7H6O2.C4H12N/c8-7(9)6-4-2-1-3-5-6;1-5(2,3)4/h1-5H,(H,8,9);1-4H3/q;+1. The Labute approximate surface area is 85.2 Å². The number of carboxylic acids is 1. The lowest BCUT2D eigenvalue weighted by atomic mass is 10.2. The zero-order valence-corrected chi connectivity index (χ0v) is 9.19. The summed E-state index contributed by atoms with van der Waals surface area (Å²) in [6.07, 6.45) is 0. The average molecular weight is 196 g/mol. The second kappa shape index (κ2) is 5.40. The van der Waals surface area contributed by atoms with Crippen molar-refractivity contribution in [3.63, 3.8) is 0 Å². The Hall–Kier alpha value is -1.35. The number of hydrogen-bond donors (Lipinski definition) is 1.